The summed E-state index contributed by atoms with van der Waals surface area (Å²) in [5.74, 6) is 5.39. The number of rotatable bonds is 7. The SMILES string of the molecule is CCN(CC)CC(O)CNC(=O)c1nc(C#Cc2c(N)ncc3ccc(Cl)cc23)co1. The Kier molecular flexibility index (Phi) is 7.47. The van der Waals surface area contributed by atoms with Crippen molar-refractivity contribution < 1.29 is 14.3 Å². The van der Waals surface area contributed by atoms with Crippen LogP contribution in [0.25, 0.3) is 10.8 Å². The number of hydrogen-bond donors (Lipinski definition) is 3. The number of nitrogens with zero attached hydrogens (tertiary/aromatic N) is 3. The highest BCUT2D eigenvalue weighted by Crippen LogP contribution is 2.24. The Bertz CT molecular complexity index is 1130. The van der Waals surface area contributed by atoms with Crippen molar-refractivity contribution >= 4 is 34.1 Å². The van der Waals surface area contributed by atoms with E-state index in [-0.39, 0.29) is 23.9 Å². The van der Waals surface area contributed by atoms with Crippen LogP contribution in [0, 0.1) is 11.8 Å². The Hall–Kier alpha value is -3.12. The second-order valence-electron chi connectivity index (χ2n) is 6.89. The lowest BCUT2D eigenvalue weighted by molar-refractivity contribution is 0.0839. The summed E-state index contributed by atoms with van der Waals surface area (Å²) in [6.45, 7) is 6.25. The van der Waals surface area contributed by atoms with Crippen molar-refractivity contribution in [1.82, 2.24) is 20.2 Å². The first kappa shape index (κ1) is 22.6. The number of oxazole rings is 1. The average Bonchev–Trinajstić information content (AvgIpc) is 3.24. The summed E-state index contributed by atoms with van der Waals surface area (Å²) in [6, 6.07) is 5.37. The van der Waals surface area contributed by atoms with Gasteiger partial charge in [0, 0.05) is 35.1 Å². The molecule has 1 unspecified atom stereocenters. The molecule has 0 aliphatic rings. The molecule has 1 atom stereocenters. The molecule has 4 N–H and O–H groups in total. The predicted molar refractivity (Wildman–Crippen MR) is 120 cm³/mol. The normalized spacial score (nSPS) is 11.9. The van der Waals surface area contributed by atoms with Gasteiger partial charge in [-0.2, -0.15) is 4.98 Å². The molecule has 3 rings (SSSR count). The second kappa shape index (κ2) is 10.3. The highest BCUT2D eigenvalue weighted by atomic mass is 35.5. The van der Waals surface area contributed by atoms with Gasteiger partial charge in [0.1, 0.15) is 12.1 Å². The molecule has 0 saturated carbocycles. The highest BCUT2D eigenvalue weighted by Gasteiger charge is 2.15. The minimum atomic E-state index is -0.688. The standard InChI is InChI=1S/C22H24ClN5O3/c1-3-28(4-2)12-17(29)11-26-21(30)22-27-16(13-31-22)7-8-18-19-9-15(23)6-5-14(19)10-25-20(18)24/h5-6,9-10,13,17,29H,3-4,11-12H2,1-2H3,(H2,24,25)(H,26,30). The van der Waals surface area contributed by atoms with Crippen LogP contribution in [-0.2, 0) is 0 Å². The Morgan fingerprint density at radius 2 is 2.13 bits per heavy atom. The number of aliphatic hydroxyl groups is 1. The number of fused-ring (bicyclic) bond motifs is 1. The first-order valence-corrected chi connectivity index (χ1v) is 10.3. The number of amides is 1. The molecule has 1 amide bonds. The van der Waals surface area contributed by atoms with Gasteiger partial charge in [0.05, 0.1) is 11.7 Å². The summed E-state index contributed by atoms with van der Waals surface area (Å²) in [4.78, 5) is 22.6. The van der Waals surface area contributed by atoms with Crippen LogP contribution in [0.15, 0.2) is 35.1 Å². The van der Waals surface area contributed by atoms with Gasteiger partial charge in [-0.25, -0.2) is 4.98 Å². The maximum absolute atomic E-state index is 12.2. The zero-order chi connectivity index (χ0) is 22.4. The monoisotopic (exact) mass is 441 g/mol. The quantitative estimate of drug-likeness (QED) is 0.481. The van der Waals surface area contributed by atoms with Gasteiger partial charge in [-0.05, 0) is 31.1 Å². The van der Waals surface area contributed by atoms with Crippen LogP contribution >= 0.6 is 11.6 Å². The van der Waals surface area contributed by atoms with Gasteiger partial charge >= 0.3 is 5.91 Å². The zero-order valence-corrected chi connectivity index (χ0v) is 18.1. The van der Waals surface area contributed by atoms with E-state index in [4.69, 9.17) is 21.8 Å². The molecule has 2 aromatic heterocycles. The largest absolute Gasteiger partial charge is 0.440 e. The Morgan fingerprint density at radius 3 is 2.87 bits per heavy atom. The van der Waals surface area contributed by atoms with Crippen LogP contribution in [0.4, 0.5) is 5.82 Å². The topological polar surface area (TPSA) is 118 Å². The zero-order valence-electron chi connectivity index (χ0n) is 17.4. The molecule has 0 aliphatic heterocycles. The molecular formula is C22H24ClN5O3. The lowest BCUT2D eigenvalue weighted by Crippen LogP contribution is -2.40. The van der Waals surface area contributed by atoms with Crippen molar-refractivity contribution in [3.8, 4) is 11.8 Å². The van der Waals surface area contributed by atoms with Gasteiger partial charge in [0.15, 0.2) is 5.69 Å². The molecule has 9 heteroatoms. The van der Waals surface area contributed by atoms with Gasteiger partial charge in [-0.1, -0.05) is 37.4 Å². The molecule has 1 aromatic carbocycles. The molecule has 0 bridgehead atoms. The Labute approximate surface area is 185 Å². The molecule has 8 nitrogen and oxygen atoms in total. The van der Waals surface area contributed by atoms with Crippen LogP contribution in [0.2, 0.25) is 5.02 Å². The molecule has 0 spiro atoms. The number of carbonyl (C=O) groups excluding carboxylic acids is 1. The van der Waals surface area contributed by atoms with Gasteiger partial charge in [-0.3, -0.25) is 4.79 Å². The van der Waals surface area contributed by atoms with Crippen molar-refractivity contribution in [3.05, 3.63) is 52.8 Å². The summed E-state index contributed by atoms with van der Waals surface area (Å²) >= 11 is 6.09. The number of pyridine rings is 1. The molecule has 0 saturated heterocycles. The third-order valence-electron chi connectivity index (χ3n) is 4.76. The number of likely N-dealkylation sites (N-methyl/N-ethyl adjacent to an activating group) is 1. The number of benzene rings is 1. The predicted octanol–water partition coefficient (Wildman–Crippen LogP) is 2.29. The van der Waals surface area contributed by atoms with Crippen molar-refractivity contribution in [3.63, 3.8) is 0 Å². The fourth-order valence-electron chi connectivity index (χ4n) is 3.02. The van der Waals surface area contributed by atoms with E-state index in [2.05, 4.69) is 32.0 Å². The summed E-state index contributed by atoms with van der Waals surface area (Å²) in [5, 5.41) is 14.9. The average molecular weight is 442 g/mol. The summed E-state index contributed by atoms with van der Waals surface area (Å²) in [6.07, 6.45) is 2.25. The smallest absolute Gasteiger partial charge is 0.307 e. The number of aromatic nitrogens is 2. The van der Waals surface area contributed by atoms with E-state index in [0.717, 1.165) is 23.9 Å². The van der Waals surface area contributed by atoms with Crippen molar-refractivity contribution in [1.29, 1.82) is 0 Å². The molecule has 0 fully saturated rings. The van der Waals surface area contributed by atoms with Crippen molar-refractivity contribution in [2.45, 2.75) is 20.0 Å². The lowest BCUT2D eigenvalue weighted by atomic mass is 10.1. The Morgan fingerprint density at radius 1 is 1.35 bits per heavy atom. The van der Waals surface area contributed by atoms with Gasteiger partial charge in [0.25, 0.3) is 5.89 Å². The molecule has 3 aromatic rings. The number of hydrogen-bond acceptors (Lipinski definition) is 7. The number of carbonyl (C=O) groups is 1. The van der Waals surface area contributed by atoms with E-state index in [1.54, 1.807) is 18.3 Å². The first-order valence-electron chi connectivity index (χ1n) is 9.91. The lowest BCUT2D eigenvalue weighted by Gasteiger charge is -2.21. The molecule has 0 aliphatic carbocycles. The van der Waals surface area contributed by atoms with Crippen LogP contribution in [0.3, 0.4) is 0 Å². The van der Waals surface area contributed by atoms with E-state index >= 15 is 0 Å². The van der Waals surface area contributed by atoms with Gasteiger partial charge in [-0.15, -0.1) is 0 Å². The molecule has 0 radical (unpaired) electrons. The summed E-state index contributed by atoms with van der Waals surface area (Å²) in [5.41, 5.74) is 6.78. The van der Waals surface area contributed by atoms with Crippen LogP contribution in [0.5, 0.6) is 0 Å². The fourth-order valence-corrected chi connectivity index (χ4v) is 3.20. The maximum atomic E-state index is 12.2. The minimum Gasteiger partial charge on any atom is -0.440 e. The second-order valence-corrected chi connectivity index (χ2v) is 7.32. The van der Waals surface area contributed by atoms with E-state index in [1.807, 2.05) is 19.9 Å². The third-order valence-corrected chi connectivity index (χ3v) is 4.99. The van der Waals surface area contributed by atoms with E-state index < -0.39 is 12.0 Å². The molecule has 162 valence electrons. The number of nitrogens with one attached hydrogen (secondary N) is 1. The maximum Gasteiger partial charge on any atom is 0.307 e. The molecule has 2 heterocycles. The van der Waals surface area contributed by atoms with Crippen LogP contribution < -0.4 is 11.1 Å². The number of aliphatic hydroxyl groups excluding tert-OH is 1. The minimum absolute atomic E-state index is 0.0949. The highest BCUT2D eigenvalue weighted by molar-refractivity contribution is 6.31. The van der Waals surface area contributed by atoms with Gasteiger partial charge in [0.2, 0.25) is 0 Å². The summed E-state index contributed by atoms with van der Waals surface area (Å²) in [7, 11) is 0. The molecular weight excluding hydrogens is 418 g/mol. The Balaban J connectivity index is 1.70. The molecule has 31 heavy (non-hydrogen) atoms. The first-order chi connectivity index (χ1) is 14.9. The third kappa shape index (κ3) is 5.73. The number of halogens is 1. The number of nitrogen functional groups attached to an aromatic ring is 1. The number of anilines is 1. The fraction of sp³-hybridized carbons (Fsp3) is 0.318. The summed E-state index contributed by atoms with van der Waals surface area (Å²) < 4.78 is 5.22. The van der Waals surface area contributed by atoms with Crippen LogP contribution in [0.1, 0.15) is 35.8 Å². The number of nitrogens with two attached hydrogens (primary N) is 1. The van der Waals surface area contributed by atoms with E-state index in [0.29, 0.717) is 17.1 Å². The van der Waals surface area contributed by atoms with Crippen LogP contribution in [-0.4, -0.2) is 58.2 Å². The van der Waals surface area contributed by atoms with E-state index in [1.165, 1.54) is 6.26 Å². The van der Waals surface area contributed by atoms with Crippen molar-refractivity contribution in [2.75, 3.05) is 31.9 Å². The van der Waals surface area contributed by atoms with Crippen molar-refractivity contribution in [2.24, 2.45) is 0 Å². The van der Waals surface area contributed by atoms with E-state index in [9.17, 15) is 9.90 Å². The van der Waals surface area contributed by atoms with Gasteiger partial charge < -0.3 is 25.5 Å².